The van der Waals surface area contributed by atoms with Crippen molar-refractivity contribution >= 4 is 5.97 Å². The van der Waals surface area contributed by atoms with Crippen molar-refractivity contribution in [3.63, 3.8) is 0 Å². The van der Waals surface area contributed by atoms with Crippen molar-refractivity contribution in [1.82, 2.24) is 9.78 Å². The van der Waals surface area contributed by atoms with Crippen molar-refractivity contribution in [2.24, 2.45) is 5.73 Å². The maximum atomic E-state index is 10.9. The number of nitrogens with two attached hydrogens (primary N) is 1. The summed E-state index contributed by atoms with van der Waals surface area (Å²) >= 11 is 0. The Morgan fingerprint density at radius 1 is 1.44 bits per heavy atom. The number of carboxylic acid groups (broad SMARTS) is 1. The van der Waals surface area contributed by atoms with E-state index in [1.54, 1.807) is 6.07 Å². The van der Waals surface area contributed by atoms with Gasteiger partial charge in [0.05, 0.1) is 11.9 Å². The Kier molecular flexibility index (Phi) is 2.70. The van der Waals surface area contributed by atoms with Gasteiger partial charge in [0, 0.05) is 6.54 Å². The molecule has 3 N–H and O–H groups in total. The summed E-state index contributed by atoms with van der Waals surface area (Å²) in [5.74, 6) is -1.00. The SMILES string of the molecule is NCc1cccc(-n2nccc2C(=O)O)c1. The van der Waals surface area contributed by atoms with Crippen LogP contribution in [0, 0.1) is 0 Å². The van der Waals surface area contributed by atoms with Crippen LogP contribution in [0.5, 0.6) is 0 Å². The summed E-state index contributed by atoms with van der Waals surface area (Å²) in [5.41, 5.74) is 7.29. The average molecular weight is 217 g/mol. The van der Waals surface area contributed by atoms with Crippen LogP contribution in [0.15, 0.2) is 36.5 Å². The molecule has 0 aliphatic carbocycles. The second kappa shape index (κ2) is 4.16. The fraction of sp³-hybridized carbons (Fsp3) is 0.0909. The third-order valence-electron chi connectivity index (χ3n) is 2.25. The van der Waals surface area contributed by atoms with Crippen molar-refractivity contribution < 1.29 is 9.90 Å². The van der Waals surface area contributed by atoms with Crippen LogP contribution < -0.4 is 5.73 Å². The summed E-state index contributed by atoms with van der Waals surface area (Å²) in [7, 11) is 0. The monoisotopic (exact) mass is 217 g/mol. The lowest BCUT2D eigenvalue weighted by molar-refractivity contribution is 0.0687. The van der Waals surface area contributed by atoms with Gasteiger partial charge in [0.2, 0.25) is 0 Å². The lowest BCUT2D eigenvalue weighted by atomic mass is 10.2. The average Bonchev–Trinajstić information content (AvgIpc) is 2.78. The van der Waals surface area contributed by atoms with Gasteiger partial charge in [-0.05, 0) is 23.8 Å². The maximum absolute atomic E-state index is 10.9. The molecule has 0 saturated carbocycles. The summed E-state index contributed by atoms with van der Waals surface area (Å²) in [6.45, 7) is 0.414. The first-order valence-corrected chi connectivity index (χ1v) is 4.79. The molecular formula is C11H11N3O2. The topological polar surface area (TPSA) is 81.1 Å². The molecule has 0 fully saturated rings. The second-order valence-electron chi connectivity index (χ2n) is 3.31. The highest BCUT2D eigenvalue weighted by molar-refractivity contribution is 5.86. The predicted molar refractivity (Wildman–Crippen MR) is 58.4 cm³/mol. The molecule has 2 rings (SSSR count). The van der Waals surface area contributed by atoms with E-state index in [2.05, 4.69) is 5.10 Å². The molecule has 5 heteroatoms. The van der Waals surface area contributed by atoms with Gasteiger partial charge in [-0.3, -0.25) is 0 Å². The molecule has 0 atom stereocenters. The molecule has 0 aliphatic heterocycles. The van der Waals surface area contributed by atoms with E-state index < -0.39 is 5.97 Å². The van der Waals surface area contributed by atoms with E-state index in [0.29, 0.717) is 12.2 Å². The number of carboxylic acids is 1. The van der Waals surface area contributed by atoms with Gasteiger partial charge >= 0.3 is 5.97 Å². The third-order valence-corrected chi connectivity index (χ3v) is 2.25. The highest BCUT2D eigenvalue weighted by atomic mass is 16.4. The molecule has 5 nitrogen and oxygen atoms in total. The third kappa shape index (κ3) is 1.80. The van der Waals surface area contributed by atoms with Gasteiger partial charge in [-0.15, -0.1) is 0 Å². The first-order valence-electron chi connectivity index (χ1n) is 4.79. The van der Waals surface area contributed by atoms with Crippen molar-refractivity contribution in [2.75, 3.05) is 0 Å². The minimum atomic E-state index is -1.00. The molecule has 2 aromatic rings. The standard InChI is InChI=1S/C11H11N3O2/c12-7-8-2-1-3-9(6-8)14-10(11(15)16)4-5-13-14/h1-6H,7,12H2,(H,15,16). The minimum Gasteiger partial charge on any atom is -0.477 e. The van der Waals surface area contributed by atoms with Gasteiger partial charge in [0.1, 0.15) is 0 Å². The fourth-order valence-electron chi connectivity index (χ4n) is 1.49. The minimum absolute atomic E-state index is 0.133. The smallest absolute Gasteiger partial charge is 0.354 e. The Bertz CT molecular complexity index is 519. The largest absolute Gasteiger partial charge is 0.477 e. The lowest BCUT2D eigenvalue weighted by Gasteiger charge is -2.05. The molecular weight excluding hydrogens is 206 g/mol. The summed E-state index contributed by atoms with van der Waals surface area (Å²) in [4.78, 5) is 10.9. The number of aromatic nitrogens is 2. The normalized spacial score (nSPS) is 10.3. The first kappa shape index (κ1) is 10.4. The number of carbonyl (C=O) groups is 1. The van der Waals surface area contributed by atoms with Crippen molar-refractivity contribution in [1.29, 1.82) is 0 Å². The summed E-state index contributed by atoms with van der Waals surface area (Å²) in [5, 5.41) is 12.9. The summed E-state index contributed by atoms with van der Waals surface area (Å²) in [6.07, 6.45) is 1.46. The van der Waals surface area contributed by atoms with E-state index in [1.165, 1.54) is 16.9 Å². The van der Waals surface area contributed by atoms with E-state index in [1.807, 2.05) is 18.2 Å². The maximum Gasteiger partial charge on any atom is 0.354 e. The Morgan fingerprint density at radius 3 is 2.94 bits per heavy atom. The number of hydrogen-bond acceptors (Lipinski definition) is 3. The zero-order chi connectivity index (χ0) is 11.5. The zero-order valence-electron chi connectivity index (χ0n) is 8.50. The molecule has 0 radical (unpaired) electrons. The molecule has 1 heterocycles. The second-order valence-corrected chi connectivity index (χ2v) is 3.31. The Morgan fingerprint density at radius 2 is 2.25 bits per heavy atom. The van der Waals surface area contributed by atoms with Gasteiger partial charge in [0.25, 0.3) is 0 Å². The van der Waals surface area contributed by atoms with Crippen LogP contribution in [0.3, 0.4) is 0 Å². The van der Waals surface area contributed by atoms with E-state index in [0.717, 1.165) is 5.56 Å². The Hall–Kier alpha value is -2.14. The highest BCUT2D eigenvalue weighted by Crippen LogP contribution is 2.12. The van der Waals surface area contributed by atoms with Gasteiger partial charge in [0.15, 0.2) is 5.69 Å². The molecule has 0 saturated heterocycles. The molecule has 16 heavy (non-hydrogen) atoms. The van der Waals surface area contributed by atoms with Gasteiger partial charge in [-0.25, -0.2) is 9.48 Å². The number of rotatable bonds is 3. The van der Waals surface area contributed by atoms with Crippen LogP contribution in [0.25, 0.3) is 5.69 Å². The van der Waals surface area contributed by atoms with E-state index in [9.17, 15) is 4.79 Å². The van der Waals surface area contributed by atoms with Crippen LogP contribution in [0.2, 0.25) is 0 Å². The number of nitrogens with zero attached hydrogens (tertiary/aromatic N) is 2. The number of aromatic carboxylic acids is 1. The van der Waals surface area contributed by atoms with Crippen LogP contribution in [0.4, 0.5) is 0 Å². The van der Waals surface area contributed by atoms with Gasteiger partial charge in [-0.2, -0.15) is 5.10 Å². The summed E-state index contributed by atoms with van der Waals surface area (Å²) in [6, 6.07) is 8.77. The molecule has 0 aliphatic rings. The molecule has 82 valence electrons. The van der Waals surface area contributed by atoms with Crippen LogP contribution in [-0.4, -0.2) is 20.9 Å². The van der Waals surface area contributed by atoms with Gasteiger partial charge < -0.3 is 10.8 Å². The molecule has 0 amide bonds. The summed E-state index contributed by atoms with van der Waals surface area (Å²) < 4.78 is 1.38. The Labute approximate surface area is 92.1 Å². The van der Waals surface area contributed by atoms with Crippen molar-refractivity contribution in [3.8, 4) is 5.69 Å². The molecule has 1 aromatic heterocycles. The lowest BCUT2D eigenvalue weighted by Crippen LogP contribution is -2.08. The van der Waals surface area contributed by atoms with Crippen LogP contribution in [0.1, 0.15) is 16.1 Å². The van der Waals surface area contributed by atoms with Crippen molar-refractivity contribution in [3.05, 3.63) is 47.8 Å². The quantitative estimate of drug-likeness (QED) is 0.804. The number of hydrogen-bond donors (Lipinski definition) is 2. The zero-order valence-corrected chi connectivity index (χ0v) is 8.50. The Balaban J connectivity index is 2.50. The molecule has 0 unspecified atom stereocenters. The predicted octanol–water partition coefficient (Wildman–Crippen LogP) is 1.03. The van der Waals surface area contributed by atoms with E-state index in [-0.39, 0.29) is 5.69 Å². The van der Waals surface area contributed by atoms with E-state index in [4.69, 9.17) is 10.8 Å². The first-order chi connectivity index (χ1) is 7.72. The fourth-order valence-corrected chi connectivity index (χ4v) is 1.49. The molecule has 1 aromatic carbocycles. The van der Waals surface area contributed by atoms with Crippen LogP contribution in [-0.2, 0) is 6.54 Å². The molecule has 0 bridgehead atoms. The molecule has 0 spiro atoms. The van der Waals surface area contributed by atoms with Crippen LogP contribution >= 0.6 is 0 Å². The highest BCUT2D eigenvalue weighted by Gasteiger charge is 2.11. The number of benzene rings is 1. The van der Waals surface area contributed by atoms with Gasteiger partial charge in [-0.1, -0.05) is 12.1 Å². The van der Waals surface area contributed by atoms with E-state index >= 15 is 0 Å². The van der Waals surface area contributed by atoms with Crippen molar-refractivity contribution in [2.45, 2.75) is 6.54 Å².